The van der Waals surface area contributed by atoms with Crippen molar-refractivity contribution < 1.29 is 14.6 Å². The Balaban J connectivity index is 2.29. The van der Waals surface area contributed by atoms with Gasteiger partial charge >= 0.3 is 0 Å². The van der Waals surface area contributed by atoms with Crippen molar-refractivity contribution in [2.45, 2.75) is 26.4 Å². The summed E-state index contributed by atoms with van der Waals surface area (Å²) in [7, 11) is 1.97. The Morgan fingerprint density at radius 2 is 1.63 bits per heavy atom. The molecular formula is C15H25NO3. The van der Waals surface area contributed by atoms with E-state index >= 15 is 0 Å². The summed E-state index contributed by atoms with van der Waals surface area (Å²) in [6, 6.07) is 7.61. The van der Waals surface area contributed by atoms with E-state index in [4.69, 9.17) is 9.47 Å². The quantitative estimate of drug-likeness (QED) is 0.784. The van der Waals surface area contributed by atoms with Crippen LogP contribution < -0.4 is 9.47 Å². The molecule has 19 heavy (non-hydrogen) atoms. The molecule has 108 valence electrons. The predicted octanol–water partition coefficient (Wildman–Crippen LogP) is 2.17. The van der Waals surface area contributed by atoms with Crippen LogP contribution in [0.2, 0.25) is 0 Å². The molecule has 1 aromatic carbocycles. The van der Waals surface area contributed by atoms with Gasteiger partial charge in [0.15, 0.2) is 0 Å². The van der Waals surface area contributed by atoms with E-state index in [0.29, 0.717) is 19.8 Å². The van der Waals surface area contributed by atoms with E-state index in [0.717, 1.165) is 18.0 Å². The van der Waals surface area contributed by atoms with Gasteiger partial charge in [0.1, 0.15) is 18.1 Å². The molecule has 0 saturated heterocycles. The fraction of sp³-hybridized carbons (Fsp3) is 0.600. The first-order valence-electron chi connectivity index (χ1n) is 6.67. The van der Waals surface area contributed by atoms with E-state index in [1.54, 1.807) is 13.8 Å². The second kappa shape index (κ2) is 7.36. The molecule has 4 nitrogen and oxygen atoms in total. The number of aliphatic hydroxyl groups is 1. The molecule has 0 aliphatic rings. The third kappa shape index (κ3) is 7.03. The standard InChI is InChI=1S/C15H25NO3/c1-5-18-13-6-8-14(9-7-13)19-11-10-16(4)12-15(2,3)17/h6-9,17H,5,10-12H2,1-4H3. The SMILES string of the molecule is CCOc1ccc(OCCN(C)CC(C)(C)O)cc1. The minimum Gasteiger partial charge on any atom is -0.494 e. The van der Waals surface area contributed by atoms with Crippen LogP contribution in [-0.4, -0.2) is 49.0 Å². The zero-order valence-corrected chi connectivity index (χ0v) is 12.3. The monoisotopic (exact) mass is 267 g/mol. The van der Waals surface area contributed by atoms with Gasteiger partial charge in [0.2, 0.25) is 0 Å². The number of nitrogens with zero attached hydrogens (tertiary/aromatic N) is 1. The van der Waals surface area contributed by atoms with Crippen LogP contribution in [0.25, 0.3) is 0 Å². The van der Waals surface area contributed by atoms with Crippen LogP contribution in [0, 0.1) is 0 Å². The fourth-order valence-electron chi connectivity index (χ4n) is 1.86. The lowest BCUT2D eigenvalue weighted by Crippen LogP contribution is -2.38. The number of likely N-dealkylation sites (N-methyl/N-ethyl adjacent to an activating group) is 1. The van der Waals surface area contributed by atoms with Crippen molar-refractivity contribution in [2.24, 2.45) is 0 Å². The van der Waals surface area contributed by atoms with E-state index < -0.39 is 5.60 Å². The summed E-state index contributed by atoms with van der Waals surface area (Å²) in [5, 5.41) is 9.69. The van der Waals surface area contributed by atoms with E-state index in [2.05, 4.69) is 4.90 Å². The van der Waals surface area contributed by atoms with Crippen LogP contribution in [0.3, 0.4) is 0 Å². The van der Waals surface area contributed by atoms with Crippen LogP contribution in [-0.2, 0) is 0 Å². The largest absolute Gasteiger partial charge is 0.494 e. The average Bonchev–Trinajstić information content (AvgIpc) is 2.29. The molecule has 0 amide bonds. The summed E-state index contributed by atoms with van der Waals surface area (Å²) >= 11 is 0. The highest BCUT2D eigenvalue weighted by atomic mass is 16.5. The summed E-state index contributed by atoms with van der Waals surface area (Å²) in [6.45, 7) is 8.23. The molecule has 0 unspecified atom stereocenters. The third-order valence-electron chi connectivity index (χ3n) is 2.53. The highest BCUT2D eigenvalue weighted by molar-refractivity contribution is 5.31. The Hall–Kier alpha value is -1.26. The molecule has 0 aliphatic carbocycles. The molecule has 0 bridgehead atoms. The van der Waals surface area contributed by atoms with E-state index in [1.165, 1.54) is 0 Å². The molecule has 4 heteroatoms. The third-order valence-corrected chi connectivity index (χ3v) is 2.53. The number of hydrogen-bond donors (Lipinski definition) is 1. The van der Waals surface area contributed by atoms with Gasteiger partial charge in [-0.1, -0.05) is 0 Å². The normalized spacial score (nSPS) is 11.7. The molecule has 1 N–H and O–H groups in total. The minimum atomic E-state index is -0.673. The topological polar surface area (TPSA) is 41.9 Å². The molecule has 0 aliphatic heterocycles. The molecular weight excluding hydrogens is 242 g/mol. The lowest BCUT2D eigenvalue weighted by atomic mass is 10.1. The van der Waals surface area contributed by atoms with Crippen molar-refractivity contribution in [2.75, 3.05) is 33.4 Å². The van der Waals surface area contributed by atoms with Crippen molar-refractivity contribution in [1.82, 2.24) is 4.90 Å². The number of rotatable bonds is 8. The van der Waals surface area contributed by atoms with Gasteiger partial charge in [-0.3, -0.25) is 0 Å². The van der Waals surface area contributed by atoms with Crippen molar-refractivity contribution >= 4 is 0 Å². The molecule has 0 aromatic heterocycles. The smallest absolute Gasteiger partial charge is 0.119 e. The zero-order chi connectivity index (χ0) is 14.3. The lowest BCUT2D eigenvalue weighted by Gasteiger charge is -2.25. The molecule has 0 radical (unpaired) electrons. The summed E-state index contributed by atoms with van der Waals surface area (Å²) in [4.78, 5) is 2.05. The first kappa shape index (κ1) is 15.8. The van der Waals surface area contributed by atoms with Crippen LogP contribution in [0.15, 0.2) is 24.3 Å². The predicted molar refractivity (Wildman–Crippen MR) is 76.9 cm³/mol. The molecule has 1 aromatic rings. The van der Waals surface area contributed by atoms with Gasteiger partial charge in [-0.05, 0) is 52.1 Å². The number of benzene rings is 1. The van der Waals surface area contributed by atoms with E-state index in [-0.39, 0.29) is 0 Å². The highest BCUT2D eigenvalue weighted by Crippen LogP contribution is 2.17. The second-order valence-corrected chi connectivity index (χ2v) is 5.30. The lowest BCUT2D eigenvalue weighted by molar-refractivity contribution is 0.0411. The molecule has 0 atom stereocenters. The van der Waals surface area contributed by atoms with E-state index in [1.807, 2.05) is 38.2 Å². The molecule has 1 rings (SSSR count). The molecule has 0 fully saturated rings. The van der Waals surface area contributed by atoms with Crippen molar-refractivity contribution in [3.63, 3.8) is 0 Å². The van der Waals surface area contributed by atoms with Gasteiger partial charge < -0.3 is 19.5 Å². The molecule has 0 heterocycles. The second-order valence-electron chi connectivity index (χ2n) is 5.30. The van der Waals surface area contributed by atoms with E-state index in [9.17, 15) is 5.11 Å². The Kier molecular flexibility index (Phi) is 6.12. The van der Waals surface area contributed by atoms with Gasteiger partial charge in [-0.2, -0.15) is 0 Å². The van der Waals surface area contributed by atoms with Crippen LogP contribution in [0.1, 0.15) is 20.8 Å². The maximum Gasteiger partial charge on any atom is 0.119 e. The summed E-state index contributed by atoms with van der Waals surface area (Å²) in [5.74, 6) is 1.69. The van der Waals surface area contributed by atoms with Crippen molar-refractivity contribution in [3.8, 4) is 11.5 Å². The maximum atomic E-state index is 9.69. The highest BCUT2D eigenvalue weighted by Gasteiger charge is 2.15. The average molecular weight is 267 g/mol. The first-order valence-corrected chi connectivity index (χ1v) is 6.67. The van der Waals surface area contributed by atoms with Crippen LogP contribution >= 0.6 is 0 Å². The number of ether oxygens (including phenoxy) is 2. The molecule has 0 saturated carbocycles. The summed E-state index contributed by atoms with van der Waals surface area (Å²) < 4.78 is 11.0. The molecule has 0 spiro atoms. The minimum absolute atomic E-state index is 0.598. The maximum absolute atomic E-state index is 9.69. The van der Waals surface area contributed by atoms with Gasteiger partial charge in [0.25, 0.3) is 0 Å². The van der Waals surface area contributed by atoms with Crippen molar-refractivity contribution in [3.05, 3.63) is 24.3 Å². The Morgan fingerprint density at radius 3 is 2.11 bits per heavy atom. The van der Waals surface area contributed by atoms with Crippen LogP contribution in [0.5, 0.6) is 11.5 Å². The van der Waals surface area contributed by atoms with Crippen LogP contribution in [0.4, 0.5) is 0 Å². The first-order chi connectivity index (χ1) is 8.90. The van der Waals surface area contributed by atoms with Crippen molar-refractivity contribution in [1.29, 1.82) is 0 Å². The summed E-state index contributed by atoms with van der Waals surface area (Å²) in [5.41, 5.74) is -0.673. The Labute approximate surface area is 115 Å². The fourth-order valence-corrected chi connectivity index (χ4v) is 1.86. The Bertz CT molecular complexity index is 357. The van der Waals surface area contributed by atoms with Gasteiger partial charge in [-0.25, -0.2) is 0 Å². The zero-order valence-electron chi connectivity index (χ0n) is 12.3. The van der Waals surface area contributed by atoms with Gasteiger partial charge in [0, 0.05) is 13.1 Å². The van der Waals surface area contributed by atoms with Gasteiger partial charge in [-0.15, -0.1) is 0 Å². The summed E-state index contributed by atoms with van der Waals surface area (Å²) in [6.07, 6.45) is 0. The Morgan fingerprint density at radius 1 is 1.11 bits per heavy atom. The van der Waals surface area contributed by atoms with Gasteiger partial charge in [0.05, 0.1) is 12.2 Å². The number of hydrogen-bond acceptors (Lipinski definition) is 4.